The number of phenols is 1. The van der Waals surface area contributed by atoms with E-state index < -0.39 is 31.3 Å². The van der Waals surface area contributed by atoms with Gasteiger partial charge in [0.05, 0.1) is 10.6 Å². The molecule has 0 fully saturated rings. The van der Waals surface area contributed by atoms with Crippen LogP contribution in [0.15, 0.2) is 41.3 Å². The SMILES string of the molecule is O=[N+]([O-])c1cccc(S(=O)(=O)Nc2cccc3c2CNCC3)c1O. The number of nitrogens with zero attached hydrogens (tertiary/aromatic N) is 1. The van der Waals surface area contributed by atoms with Crippen molar-refractivity contribution in [1.82, 2.24) is 5.32 Å². The van der Waals surface area contributed by atoms with Gasteiger partial charge in [-0.15, -0.1) is 0 Å². The van der Waals surface area contributed by atoms with E-state index in [-0.39, 0.29) is 0 Å². The number of benzene rings is 2. The fraction of sp³-hybridized carbons (Fsp3) is 0.200. The van der Waals surface area contributed by atoms with E-state index in [9.17, 15) is 23.6 Å². The number of hydrogen-bond donors (Lipinski definition) is 3. The van der Waals surface area contributed by atoms with Crippen LogP contribution in [0, 0.1) is 10.1 Å². The molecule has 1 aliphatic rings. The van der Waals surface area contributed by atoms with Crippen molar-refractivity contribution >= 4 is 21.4 Å². The van der Waals surface area contributed by atoms with E-state index in [0.717, 1.165) is 36.2 Å². The zero-order valence-electron chi connectivity index (χ0n) is 12.5. The van der Waals surface area contributed by atoms with Crippen LogP contribution in [0.1, 0.15) is 11.1 Å². The van der Waals surface area contributed by atoms with Gasteiger partial charge in [-0.25, -0.2) is 8.42 Å². The molecule has 2 aromatic rings. The zero-order chi connectivity index (χ0) is 17.3. The van der Waals surface area contributed by atoms with Gasteiger partial charge in [-0.3, -0.25) is 14.8 Å². The highest BCUT2D eigenvalue weighted by Gasteiger charge is 2.26. The average Bonchev–Trinajstić information content (AvgIpc) is 2.54. The van der Waals surface area contributed by atoms with Gasteiger partial charge in [-0.1, -0.05) is 18.2 Å². The molecule has 0 aromatic heterocycles. The summed E-state index contributed by atoms with van der Waals surface area (Å²) in [6.07, 6.45) is 0.785. The molecular weight excluding hydrogens is 334 g/mol. The smallest absolute Gasteiger partial charge is 0.312 e. The quantitative estimate of drug-likeness (QED) is 0.571. The number of nitro groups is 1. The molecule has 0 bridgehead atoms. The zero-order valence-corrected chi connectivity index (χ0v) is 13.3. The first-order valence-electron chi connectivity index (χ1n) is 7.21. The molecule has 0 saturated heterocycles. The van der Waals surface area contributed by atoms with Gasteiger partial charge in [0, 0.05) is 12.6 Å². The topological polar surface area (TPSA) is 122 Å². The van der Waals surface area contributed by atoms with Crippen molar-refractivity contribution in [3.63, 3.8) is 0 Å². The van der Waals surface area contributed by atoms with Crippen LogP contribution in [-0.4, -0.2) is 25.0 Å². The lowest BCUT2D eigenvalue weighted by molar-refractivity contribution is -0.386. The Labute approximate surface area is 138 Å². The van der Waals surface area contributed by atoms with Gasteiger partial charge in [0.15, 0.2) is 0 Å². The summed E-state index contributed by atoms with van der Waals surface area (Å²) in [6.45, 7) is 1.34. The summed E-state index contributed by atoms with van der Waals surface area (Å²) in [5.74, 6) is -0.877. The van der Waals surface area contributed by atoms with E-state index in [2.05, 4.69) is 10.0 Å². The first kappa shape index (κ1) is 16.2. The van der Waals surface area contributed by atoms with Crippen LogP contribution in [0.3, 0.4) is 0 Å². The van der Waals surface area contributed by atoms with Crippen molar-refractivity contribution in [2.24, 2.45) is 0 Å². The molecule has 0 saturated carbocycles. The van der Waals surface area contributed by atoms with Crippen molar-refractivity contribution in [1.29, 1.82) is 0 Å². The number of aromatic hydroxyl groups is 1. The minimum Gasteiger partial charge on any atom is -0.501 e. The molecule has 0 amide bonds. The Hall–Kier alpha value is -2.65. The minimum atomic E-state index is -4.17. The second-order valence-corrected chi connectivity index (χ2v) is 7.01. The summed E-state index contributed by atoms with van der Waals surface area (Å²) in [6, 6.07) is 8.68. The van der Waals surface area contributed by atoms with Crippen LogP contribution in [0.25, 0.3) is 0 Å². The standard InChI is InChI=1S/C15H15N3O5S/c19-15-13(18(20)21)5-2-6-14(15)24(22,23)17-12-4-1-3-10-7-8-16-9-11(10)12/h1-6,16-17,19H,7-9H2. The van der Waals surface area contributed by atoms with Gasteiger partial charge in [-0.05, 0) is 36.2 Å². The van der Waals surface area contributed by atoms with Gasteiger partial charge in [0.2, 0.25) is 5.75 Å². The summed E-state index contributed by atoms with van der Waals surface area (Å²) >= 11 is 0. The lowest BCUT2D eigenvalue weighted by Gasteiger charge is -2.21. The number of hydrogen-bond acceptors (Lipinski definition) is 6. The number of phenolic OH excluding ortho intramolecular Hbond substituents is 1. The molecule has 0 aliphatic carbocycles. The van der Waals surface area contributed by atoms with E-state index in [1.165, 1.54) is 6.07 Å². The van der Waals surface area contributed by atoms with Crippen LogP contribution in [0.2, 0.25) is 0 Å². The highest BCUT2D eigenvalue weighted by atomic mass is 32.2. The molecule has 2 aromatic carbocycles. The molecule has 3 rings (SSSR count). The van der Waals surface area contributed by atoms with Crippen molar-refractivity contribution in [3.05, 3.63) is 57.6 Å². The largest absolute Gasteiger partial charge is 0.501 e. The Morgan fingerprint density at radius 1 is 1.21 bits per heavy atom. The third kappa shape index (κ3) is 2.91. The number of anilines is 1. The van der Waals surface area contributed by atoms with Crippen LogP contribution in [-0.2, 0) is 23.0 Å². The second kappa shape index (κ2) is 6.10. The number of fused-ring (bicyclic) bond motifs is 1. The maximum atomic E-state index is 12.6. The number of sulfonamides is 1. The molecule has 0 unspecified atom stereocenters. The van der Waals surface area contributed by atoms with Crippen LogP contribution < -0.4 is 10.0 Å². The Morgan fingerprint density at radius 2 is 1.96 bits per heavy atom. The predicted molar refractivity (Wildman–Crippen MR) is 87.4 cm³/mol. The monoisotopic (exact) mass is 349 g/mol. The van der Waals surface area contributed by atoms with E-state index >= 15 is 0 Å². The Bertz CT molecular complexity index is 911. The van der Waals surface area contributed by atoms with Gasteiger partial charge in [0.25, 0.3) is 10.0 Å². The van der Waals surface area contributed by atoms with E-state index in [4.69, 9.17) is 0 Å². The van der Waals surface area contributed by atoms with E-state index in [1.807, 2.05) is 6.07 Å². The molecule has 3 N–H and O–H groups in total. The molecule has 0 atom stereocenters. The predicted octanol–water partition coefficient (Wildman–Crippen LogP) is 1.75. The molecule has 24 heavy (non-hydrogen) atoms. The third-order valence-corrected chi connectivity index (χ3v) is 5.25. The van der Waals surface area contributed by atoms with E-state index in [1.54, 1.807) is 12.1 Å². The summed E-state index contributed by atoms with van der Waals surface area (Å²) in [4.78, 5) is 9.51. The Kier molecular flexibility index (Phi) is 4.12. The first-order chi connectivity index (χ1) is 11.4. The number of rotatable bonds is 4. The first-order valence-corrected chi connectivity index (χ1v) is 8.69. The maximum absolute atomic E-state index is 12.6. The summed E-state index contributed by atoms with van der Waals surface area (Å²) in [5, 5.41) is 24.0. The normalized spacial score (nSPS) is 14.0. The van der Waals surface area contributed by atoms with Crippen molar-refractivity contribution in [2.75, 3.05) is 11.3 Å². The molecule has 8 nitrogen and oxygen atoms in total. The van der Waals surface area contributed by atoms with E-state index in [0.29, 0.717) is 12.2 Å². The lowest BCUT2D eigenvalue weighted by atomic mass is 10.00. The highest BCUT2D eigenvalue weighted by molar-refractivity contribution is 7.92. The highest BCUT2D eigenvalue weighted by Crippen LogP contribution is 2.34. The Balaban J connectivity index is 2.02. The molecule has 1 heterocycles. The molecular formula is C15H15N3O5S. The fourth-order valence-corrected chi connectivity index (χ4v) is 3.89. The number of nitro benzene ring substituents is 1. The average molecular weight is 349 g/mol. The van der Waals surface area contributed by atoms with Crippen LogP contribution in [0.4, 0.5) is 11.4 Å². The van der Waals surface area contributed by atoms with Gasteiger partial charge in [-0.2, -0.15) is 0 Å². The minimum absolute atomic E-state index is 0.394. The lowest BCUT2D eigenvalue weighted by Crippen LogP contribution is -2.25. The second-order valence-electron chi connectivity index (χ2n) is 5.36. The van der Waals surface area contributed by atoms with Gasteiger partial charge < -0.3 is 10.4 Å². The van der Waals surface area contributed by atoms with Crippen molar-refractivity contribution in [2.45, 2.75) is 17.9 Å². The van der Waals surface area contributed by atoms with Crippen molar-refractivity contribution in [3.8, 4) is 5.75 Å². The van der Waals surface area contributed by atoms with Gasteiger partial charge in [0.1, 0.15) is 4.90 Å². The Morgan fingerprint density at radius 3 is 2.71 bits per heavy atom. The molecule has 0 radical (unpaired) electrons. The number of nitrogens with one attached hydrogen (secondary N) is 2. The molecule has 1 aliphatic heterocycles. The fourth-order valence-electron chi connectivity index (χ4n) is 2.68. The van der Waals surface area contributed by atoms with Crippen LogP contribution >= 0.6 is 0 Å². The third-order valence-electron chi connectivity index (χ3n) is 3.85. The molecule has 9 heteroatoms. The molecule has 0 spiro atoms. The number of para-hydroxylation sites is 1. The summed E-state index contributed by atoms with van der Waals surface area (Å²) in [7, 11) is -4.17. The summed E-state index contributed by atoms with van der Waals surface area (Å²) < 4.78 is 27.6. The van der Waals surface area contributed by atoms with Crippen molar-refractivity contribution < 1.29 is 18.4 Å². The maximum Gasteiger partial charge on any atom is 0.312 e. The van der Waals surface area contributed by atoms with Crippen LogP contribution in [0.5, 0.6) is 5.75 Å². The molecule has 126 valence electrons. The van der Waals surface area contributed by atoms with Gasteiger partial charge >= 0.3 is 5.69 Å². The summed E-state index contributed by atoms with van der Waals surface area (Å²) in [5.41, 5.74) is 1.61.